The molecule has 0 saturated carbocycles. The molecule has 0 fully saturated rings. The van der Waals surface area contributed by atoms with Crippen molar-refractivity contribution in [2.45, 2.75) is 26.1 Å². The Morgan fingerprint density at radius 2 is 1.74 bits per heavy atom. The van der Waals surface area contributed by atoms with Crippen LogP contribution in [-0.2, 0) is 19.2 Å². The minimum absolute atomic E-state index is 0.0242. The van der Waals surface area contributed by atoms with E-state index in [9.17, 15) is 22.7 Å². The summed E-state index contributed by atoms with van der Waals surface area (Å²) in [6, 6.07) is 17.5. The van der Waals surface area contributed by atoms with E-state index >= 15 is 0 Å². The molecule has 10 heteroatoms. The summed E-state index contributed by atoms with van der Waals surface area (Å²) in [5, 5.41) is 21.0. The summed E-state index contributed by atoms with van der Waals surface area (Å²) in [4.78, 5) is 0. The zero-order chi connectivity index (χ0) is 26.9. The van der Waals surface area contributed by atoms with E-state index in [0.717, 1.165) is 17.3 Å². The number of phenols is 1. The Morgan fingerprint density at radius 1 is 1.00 bits per heavy atom. The second-order valence-corrected chi connectivity index (χ2v) is 8.55. The maximum atomic E-state index is 14.6. The molecule has 0 aliphatic carbocycles. The number of rotatable bonds is 7. The van der Waals surface area contributed by atoms with Crippen molar-refractivity contribution in [3.63, 3.8) is 0 Å². The molecule has 0 aliphatic heterocycles. The summed E-state index contributed by atoms with van der Waals surface area (Å²) >= 11 is 0. The first kappa shape index (κ1) is 25.1. The van der Waals surface area contributed by atoms with E-state index < -0.39 is 23.3 Å². The Kier molecular flexibility index (Phi) is 6.62. The quantitative estimate of drug-likeness (QED) is 0.227. The number of alkyl halides is 3. The fraction of sp³-hybridized carbons (Fsp3) is 0.143. The third-order valence-electron chi connectivity index (χ3n) is 6.06. The predicted molar refractivity (Wildman–Crippen MR) is 133 cm³/mol. The molecule has 38 heavy (non-hydrogen) atoms. The molecule has 3 aromatic carbocycles. The highest BCUT2D eigenvalue weighted by molar-refractivity contribution is 5.86. The fourth-order valence-electron chi connectivity index (χ4n) is 4.20. The molecule has 5 aromatic rings. The lowest BCUT2D eigenvalue weighted by molar-refractivity contribution is -0.140. The van der Waals surface area contributed by atoms with E-state index in [4.69, 9.17) is 4.74 Å². The van der Waals surface area contributed by atoms with Gasteiger partial charge >= 0.3 is 6.18 Å². The summed E-state index contributed by atoms with van der Waals surface area (Å²) < 4.78 is 63.6. The first-order chi connectivity index (χ1) is 18.3. The molecule has 0 radical (unpaired) electrons. The van der Waals surface area contributed by atoms with Crippen molar-refractivity contribution >= 4 is 0 Å². The second-order valence-electron chi connectivity index (χ2n) is 8.55. The second kappa shape index (κ2) is 10.0. The molecule has 0 saturated heterocycles. The topological polar surface area (TPSA) is 76.0 Å². The van der Waals surface area contributed by atoms with Crippen LogP contribution in [0.1, 0.15) is 23.7 Å². The third kappa shape index (κ3) is 4.84. The van der Waals surface area contributed by atoms with Crippen LogP contribution in [-0.4, -0.2) is 25.1 Å². The number of aromatic hydroxyl groups is 1. The number of nitrogens with one attached hydrogen (secondary N) is 1. The molecule has 2 aromatic heterocycles. The van der Waals surface area contributed by atoms with Crippen LogP contribution >= 0.6 is 0 Å². The van der Waals surface area contributed by atoms with Crippen molar-refractivity contribution < 1.29 is 27.4 Å². The van der Waals surface area contributed by atoms with Gasteiger partial charge in [0, 0.05) is 34.5 Å². The van der Waals surface area contributed by atoms with Gasteiger partial charge in [0.05, 0.1) is 11.9 Å². The van der Waals surface area contributed by atoms with Crippen LogP contribution in [0.4, 0.5) is 17.6 Å². The van der Waals surface area contributed by atoms with Gasteiger partial charge in [0.25, 0.3) is 0 Å². The molecular formula is C28H22F4N4O2. The molecule has 2 heterocycles. The van der Waals surface area contributed by atoms with Gasteiger partial charge in [-0.2, -0.15) is 23.4 Å². The summed E-state index contributed by atoms with van der Waals surface area (Å²) in [5.74, 6) is -0.831. The van der Waals surface area contributed by atoms with Crippen LogP contribution in [0.25, 0.3) is 28.1 Å². The Hall–Kier alpha value is -4.60. The predicted octanol–water partition coefficient (Wildman–Crippen LogP) is 6.93. The Balaban J connectivity index is 1.49. The van der Waals surface area contributed by atoms with E-state index in [2.05, 4.69) is 10.2 Å². The molecule has 0 atom stereocenters. The number of aryl methyl sites for hydroxylation is 1. The molecule has 0 aliphatic rings. The molecular weight excluding hydrogens is 500 g/mol. The van der Waals surface area contributed by atoms with Crippen LogP contribution in [0.2, 0.25) is 0 Å². The number of phenolic OH excluding ortho intramolecular Hbond substituents is 1. The average molecular weight is 523 g/mol. The molecule has 0 amide bonds. The molecule has 2 N–H and O–H groups in total. The SMILES string of the molecule is CCc1cc(-c2n[nH]c(C(F)(F)F)c2-c2ccccc2F)c(O)cc1OCc1cnn(-c2ccccc2)c1. The first-order valence-corrected chi connectivity index (χ1v) is 11.7. The normalized spacial score (nSPS) is 11.6. The van der Waals surface area contributed by atoms with Crippen LogP contribution in [0.3, 0.4) is 0 Å². The molecule has 194 valence electrons. The smallest absolute Gasteiger partial charge is 0.433 e. The summed E-state index contributed by atoms with van der Waals surface area (Å²) in [6.07, 6.45) is -0.884. The third-order valence-corrected chi connectivity index (χ3v) is 6.06. The van der Waals surface area contributed by atoms with E-state index in [1.54, 1.807) is 10.9 Å². The standard InChI is InChI=1S/C28H22F4N4O2/c1-2-18-12-21(26-25(20-10-6-7-11-22(20)29)27(35-34-26)28(30,31)32)23(37)13-24(18)38-16-17-14-33-36(15-17)19-8-4-3-5-9-19/h3-15,37H,2,16H2,1H3,(H,34,35). The summed E-state index contributed by atoms with van der Waals surface area (Å²) in [7, 11) is 0. The van der Waals surface area contributed by atoms with Gasteiger partial charge in [0.2, 0.25) is 0 Å². The maximum absolute atomic E-state index is 14.6. The number of halogens is 4. The number of nitrogens with zero attached hydrogens (tertiary/aromatic N) is 3. The Bertz CT molecular complexity index is 1580. The molecule has 5 rings (SSSR count). The van der Waals surface area contributed by atoms with Crippen LogP contribution in [0.5, 0.6) is 11.5 Å². The minimum Gasteiger partial charge on any atom is -0.507 e. The Morgan fingerprint density at radius 3 is 2.45 bits per heavy atom. The minimum atomic E-state index is -4.82. The number of aromatic amines is 1. The zero-order valence-corrected chi connectivity index (χ0v) is 20.1. The highest BCUT2D eigenvalue weighted by Crippen LogP contribution is 2.45. The van der Waals surface area contributed by atoms with Gasteiger partial charge in [-0.3, -0.25) is 5.10 Å². The number of H-pyrrole nitrogens is 1. The number of ether oxygens (including phenoxy) is 1. The van der Waals surface area contributed by atoms with Gasteiger partial charge in [-0.25, -0.2) is 9.07 Å². The highest BCUT2D eigenvalue weighted by atomic mass is 19.4. The van der Waals surface area contributed by atoms with Crippen LogP contribution in [0.15, 0.2) is 79.1 Å². The van der Waals surface area contributed by atoms with Gasteiger partial charge in [-0.15, -0.1) is 0 Å². The molecule has 6 nitrogen and oxygen atoms in total. The van der Waals surface area contributed by atoms with Crippen molar-refractivity contribution in [3.05, 3.63) is 102 Å². The first-order valence-electron chi connectivity index (χ1n) is 11.7. The number of aromatic nitrogens is 4. The summed E-state index contributed by atoms with van der Waals surface area (Å²) in [5.41, 5.74) is 0.143. The number of para-hydroxylation sites is 1. The highest BCUT2D eigenvalue weighted by Gasteiger charge is 2.39. The van der Waals surface area contributed by atoms with Crippen molar-refractivity contribution in [2.24, 2.45) is 0 Å². The van der Waals surface area contributed by atoms with Gasteiger partial charge < -0.3 is 9.84 Å². The van der Waals surface area contributed by atoms with Crippen molar-refractivity contribution in [2.75, 3.05) is 0 Å². The van der Waals surface area contributed by atoms with Crippen LogP contribution < -0.4 is 4.74 Å². The van der Waals surface area contributed by atoms with E-state index in [0.29, 0.717) is 17.7 Å². The van der Waals surface area contributed by atoms with Gasteiger partial charge in [0.15, 0.2) is 0 Å². The lowest BCUT2D eigenvalue weighted by Gasteiger charge is -2.14. The lowest BCUT2D eigenvalue weighted by Crippen LogP contribution is -2.07. The maximum Gasteiger partial charge on any atom is 0.433 e. The zero-order valence-electron chi connectivity index (χ0n) is 20.1. The number of benzene rings is 3. The number of hydrogen-bond acceptors (Lipinski definition) is 4. The fourth-order valence-corrected chi connectivity index (χ4v) is 4.20. The molecule has 0 unspecified atom stereocenters. The van der Waals surface area contributed by atoms with Gasteiger partial charge in [0.1, 0.15) is 35.3 Å². The largest absolute Gasteiger partial charge is 0.507 e. The van der Waals surface area contributed by atoms with Crippen molar-refractivity contribution in [3.8, 4) is 39.6 Å². The van der Waals surface area contributed by atoms with Gasteiger partial charge in [-0.1, -0.05) is 43.3 Å². The summed E-state index contributed by atoms with van der Waals surface area (Å²) in [6.45, 7) is 2.00. The Labute approximate surface area is 215 Å². The van der Waals surface area contributed by atoms with E-state index in [1.807, 2.05) is 48.6 Å². The molecule has 0 bridgehead atoms. The number of hydrogen-bond donors (Lipinski definition) is 2. The van der Waals surface area contributed by atoms with E-state index in [1.165, 1.54) is 30.3 Å². The lowest BCUT2D eigenvalue weighted by atomic mass is 9.96. The van der Waals surface area contributed by atoms with Crippen LogP contribution in [0, 0.1) is 5.82 Å². The van der Waals surface area contributed by atoms with Crippen molar-refractivity contribution in [1.82, 2.24) is 20.0 Å². The van der Waals surface area contributed by atoms with Gasteiger partial charge in [-0.05, 0) is 36.2 Å². The van der Waals surface area contributed by atoms with Crippen molar-refractivity contribution in [1.29, 1.82) is 0 Å². The molecule has 0 spiro atoms. The monoisotopic (exact) mass is 522 g/mol. The average Bonchev–Trinajstić information content (AvgIpc) is 3.56. The van der Waals surface area contributed by atoms with E-state index in [-0.39, 0.29) is 29.2 Å².